The lowest BCUT2D eigenvalue weighted by Gasteiger charge is -2.20. The molecule has 0 aliphatic rings. The highest BCUT2D eigenvalue weighted by atomic mass is 16.5. The van der Waals surface area contributed by atoms with Gasteiger partial charge in [-0.25, -0.2) is 4.79 Å². The van der Waals surface area contributed by atoms with Crippen LogP contribution in [-0.2, 0) is 14.3 Å². The molecule has 2 aromatic rings. The van der Waals surface area contributed by atoms with Gasteiger partial charge < -0.3 is 19.8 Å². The number of nitrogens with one attached hydrogen (secondary N) is 2. The van der Waals surface area contributed by atoms with E-state index < -0.39 is 30.4 Å². The van der Waals surface area contributed by atoms with E-state index >= 15 is 0 Å². The highest BCUT2D eigenvalue weighted by Gasteiger charge is 2.27. The van der Waals surface area contributed by atoms with Gasteiger partial charge in [-0.15, -0.1) is 0 Å². The molecule has 2 N–H and O–H groups in total. The van der Waals surface area contributed by atoms with E-state index in [0.717, 1.165) is 11.1 Å². The van der Waals surface area contributed by atoms with E-state index in [9.17, 15) is 14.4 Å². The molecule has 7 nitrogen and oxygen atoms in total. The maximum absolute atomic E-state index is 12.3. The molecule has 0 spiro atoms. The fraction of sp³-hybridized carbons (Fsp3) is 0.350. The molecule has 0 saturated carbocycles. The van der Waals surface area contributed by atoms with E-state index in [-0.39, 0.29) is 11.7 Å². The lowest BCUT2D eigenvalue weighted by Crippen LogP contribution is -2.45. The van der Waals surface area contributed by atoms with Gasteiger partial charge >= 0.3 is 5.97 Å². The Hall–Kier alpha value is -3.09. The number of rotatable bonds is 7. The molecule has 144 valence electrons. The minimum Gasteiger partial charge on any atom is -0.459 e. The molecule has 2 rings (SSSR count). The number of aryl methyl sites for hydroxylation is 2. The number of anilines is 1. The summed E-state index contributed by atoms with van der Waals surface area (Å²) in [4.78, 5) is 36.4. The number of carbonyl (C=O) groups is 3. The van der Waals surface area contributed by atoms with E-state index in [0.29, 0.717) is 5.69 Å². The van der Waals surface area contributed by atoms with Crippen LogP contribution in [0.4, 0.5) is 5.69 Å². The standard InChI is InChI=1S/C20H24N2O5/c1-12(2)18(22-19(24)16-6-5-7-26-16)20(25)27-11-17(23)21-15-9-13(3)8-14(4)10-15/h5-10,12,18H,11H2,1-4H3,(H,21,23)(H,22,24)/t18-/m0/s1. The second-order valence-electron chi connectivity index (χ2n) is 6.70. The quantitative estimate of drug-likeness (QED) is 0.729. The summed E-state index contributed by atoms with van der Waals surface area (Å²) in [6.45, 7) is 6.95. The molecule has 27 heavy (non-hydrogen) atoms. The number of furan rings is 1. The number of hydrogen-bond acceptors (Lipinski definition) is 5. The first-order chi connectivity index (χ1) is 12.8. The summed E-state index contributed by atoms with van der Waals surface area (Å²) in [6.07, 6.45) is 1.37. The van der Waals surface area contributed by atoms with E-state index in [1.54, 1.807) is 19.9 Å². The average molecular weight is 372 g/mol. The van der Waals surface area contributed by atoms with Gasteiger partial charge in [0.05, 0.1) is 6.26 Å². The molecule has 1 atom stereocenters. The SMILES string of the molecule is Cc1cc(C)cc(NC(=O)COC(=O)[C@@H](NC(=O)c2ccco2)C(C)C)c1. The summed E-state index contributed by atoms with van der Waals surface area (Å²) in [6, 6.07) is 7.83. The molecule has 2 amide bonds. The Balaban J connectivity index is 1.91. The Morgan fingerprint density at radius 1 is 1.11 bits per heavy atom. The van der Waals surface area contributed by atoms with Crippen molar-refractivity contribution in [3.05, 3.63) is 53.5 Å². The lowest BCUT2D eigenvalue weighted by atomic mass is 10.0. The number of carbonyl (C=O) groups excluding carboxylic acids is 3. The van der Waals surface area contributed by atoms with E-state index in [4.69, 9.17) is 9.15 Å². The smallest absolute Gasteiger partial charge is 0.329 e. The van der Waals surface area contributed by atoms with Gasteiger partial charge in [-0.3, -0.25) is 9.59 Å². The average Bonchev–Trinajstić information content (AvgIpc) is 3.10. The zero-order valence-corrected chi connectivity index (χ0v) is 15.9. The highest BCUT2D eigenvalue weighted by Crippen LogP contribution is 2.14. The predicted molar refractivity (Wildman–Crippen MR) is 100 cm³/mol. The maximum Gasteiger partial charge on any atom is 0.329 e. The van der Waals surface area contributed by atoms with Gasteiger partial charge in [-0.1, -0.05) is 19.9 Å². The van der Waals surface area contributed by atoms with Crippen molar-refractivity contribution in [2.45, 2.75) is 33.7 Å². The molecule has 1 aromatic heterocycles. The first-order valence-corrected chi connectivity index (χ1v) is 8.65. The monoisotopic (exact) mass is 372 g/mol. The molecular weight excluding hydrogens is 348 g/mol. The molecule has 0 saturated heterocycles. The predicted octanol–water partition coefficient (Wildman–Crippen LogP) is 2.83. The van der Waals surface area contributed by atoms with Crippen molar-refractivity contribution in [1.29, 1.82) is 0 Å². The molecule has 0 aliphatic heterocycles. The minimum atomic E-state index is -0.892. The molecule has 1 aromatic carbocycles. The van der Waals surface area contributed by atoms with Crippen LogP contribution in [0.25, 0.3) is 0 Å². The summed E-state index contributed by atoms with van der Waals surface area (Å²) in [5.41, 5.74) is 2.67. The molecule has 0 fully saturated rings. The molecule has 0 aliphatic carbocycles. The van der Waals surface area contributed by atoms with E-state index in [2.05, 4.69) is 10.6 Å². The fourth-order valence-corrected chi connectivity index (χ4v) is 2.59. The summed E-state index contributed by atoms with van der Waals surface area (Å²) < 4.78 is 10.1. The van der Waals surface area contributed by atoms with Crippen LogP contribution in [0.5, 0.6) is 0 Å². The van der Waals surface area contributed by atoms with Crippen LogP contribution in [0, 0.1) is 19.8 Å². The van der Waals surface area contributed by atoms with Crippen LogP contribution in [0.1, 0.15) is 35.5 Å². The second-order valence-corrected chi connectivity index (χ2v) is 6.70. The minimum absolute atomic E-state index is 0.0982. The largest absolute Gasteiger partial charge is 0.459 e. The van der Waals surface area contributed by atoms with Gasteiger partial charge in [-0.05, 0) is 55.2 Å². The Labute approximate surface area is 158 Å². The Bertz CT molecular complexity index is 792. The van der Waals surface area contributed by atoms with Crippen molar-refractivity contribution in [3.63, 3.8) is 0 Å². The van der Waals surface area contributed by atoms with Crippen LogP contribution in [-0.4, -0.2) is 30.4 Å². The van der Waals surface area contributed by atoms with E-state index in [1.807, 2.05) is 32.0 Å². The van der Waals surface area contributed by atoms with Crippen LogP contribution < -0.4 is 10.6 Å². The lowest BCUT2D eigenvalue weighted by molar-refractivity contribution is -0.150. The van der Waals surface area contributed by atoms with Crippen LogP contribution in [0.15, 0.2) is 41.0 Å². The van der Waals surface area contributed by atoms with Crippen molar-refractivity contribution in [2.24, 2.45) is 5.92 Å². The van der Waals surface area contributed by atoms with Crippen molar-refractivity contribution in [2.75, 3.05) is 11.9 Å². The number of ether oxygens (including phenoxy) is 1. The summed E-state index contributed by atoms with van der Waals surface area (Å²) >= 11 is 0. The zero-order chi connectivity index (χ0) is 20.0. The van der Waals surface area contributed by atoms with Crippen molar-refractivity contribution >= 4 is 23.5 Å². The number of hydrogen-bond donors (Lipinski definition) is 2. The van der Waals surface area contributed by atoms with Gasteiger partial charge in [0.25, 0.3) is 11.8 Å². The first-order valence-electron chi connectivity index (χ1n) is 8.65. The third kappa shape index (κ3) is 5.99. The van der Waals surface area contributed by atoms with Crippen molar-refractivity contribution in [3.8, 4) is 0 Å². The van der Waals surface area contributed by atoms with Crippen LogP contribution in [0.3, 0.4) is 0 Å². The topological polar surface area (TPSA) is 97.6 Å². The van der Waals surface area contributed by atoms with Gasteiger partial charge in [0.1, 0.15) is 6.04 Å². The van der Waals surface area contributed by atoms with Gasteiger partial charge in [0.2, 0.25) is 0 Å². The van der Waals surface area contributed by atoms with E-state index in [1.165, 1.54) is 12.3 Å². The second kappa shape index (κ2) is 9.02. The molecule has 0 bridgehead atoms. The summed E-state index contributed by atoms with van der Waals surface area (Å²) in [7, 11) is 0. The summed E-state index contributed by atoms with van der Waals surface area (Å²) in [5.74, 6) is -1.77. The van der Waals surface area contributed by atoms with Gasteiger partial charge in [-0.2, -0.15) is 0 Å². The first kappa shape index (κ1) is 20.2. The molecular formula is C20H24N2O5. The zero-order valence-electron chi connectivity index (χ0n) is 15.9. The van der Waals surface area contributed by atoms with Crippen molar-refractivity contribution < 1.29 is 23.5 Å². The fourth-order valence-electron chi connectivity index (χ4n) is 2.59. The molecule has 0 unspecified atom stereocenters. The van der Waals surface area contributed by atoms with Gasteiger partial charge in [0.15, 0.2) is 12.4 Å². The third-order valence-electron chi connectivity index (χ3n) is 3.80. The summed E-state index contributed by atoms with van der Waals surface area (Å²) in [5, 5.41) is 5.26. The highest BCUT2D eigenvalue weighted by molar-refractivity contribution is 5.96. The third-order valence-corrected chi connectivity index (χ3v) is 3.80. The molecule has 1 heterocycles. The number of amides is 2. The van der Waals surface area contributed by atoms with Crippen LogP contribution in [0.2, 0.25) is 0 Å². The molecule has 0 radical (unpaired) electrons. The number of esters is 1. The molecule has 7 heteroatoms. The Morgan fingerprint density at radius 2 is 1.78 bits per heavy atom. The maximum atomic E-state index is 12.3. The van der Waals surface area contributed by atoms with Crippen LogP contribution >= 0.6 is 0 Å². The Morgan fingerprint density at radius 3 is 2.33 bits per heavy atom. The van der Waals surface area contributed by atoms with Gasteiger partial charge in [0, 0.05) is 5.69 Å². The Kier molecular flexibility index (Phi) is 6.76. The number of benzene rings is 1. The van der Waals surface area contributed by atoms with Crippen molar-refractivity contribution in [1.82, 2.24) is 5.32 Å². The normalized spacial score (nSPS) is 11.7.